The smallest absolute Gasteiger partial charge is 0.0587 e. The van der Waals surface area contributed by atoms with Crippen LogP contribution < -0.4 is 5.32 Å². The molecule has 0 amide bonds. The summed E-state index contributed by atoms with van der Waals surface area (Å²) in [5.74, 6) is 0. The van der Waals surface area contributed by atoms with Crippen molar-refractivity contribution in [1.82, 2.24) is 10.3 Å². The van der Waals surface area contributed by atoms with Gasteiger partial charge in [0.25, 0.3) is 0 Å². The highest BCUT2D eigenvalue weighted by atomic mass is 16.5. The third-order valence-electron chi connectivity index (χ3n) is 3.59. The van der Waals surface area contributed by atoms with Gasteiger partial charge < -0.3 is 10.1 Å². The molecule has 0 saturated heterocycles. The van der Waals surface area contributed by atoms with E-state index in [9.17, 15) is 0 Å². The molecule has 1 aromatic heterocycles. The number of nitrogens with one attached hydrogen (secondary N) is 1. The Balaban J connectivity index is 2.68. The Morgan fingerprint density at radius 3 is 2.41 bits per heavy atom. The van der Waals surface area contributed by atoms with Crippen LogP contribution in [0.5, 0.6) is 0 Å². The summed E-state index contributed by atoms with van der Waals surface area (Å²) in [5, 5.41) is 3.48. The lowest BCUT2D eigenvalue weighted by Gasteiger charge is -2.32. The predicted octanol–water partition coefficient (Wildman–Crippen LogP) is 2.38. The van der Waals surface area contributed by atoms with Gasteiger partial charge in [-0.15, -0.1) is 0 Å². The second-order valence-electron chi connectivity index (χ2n) is 4.39. The fraction of sp³-hybridized carbons (Fsp3) is 0.643. The van der Waals surface area contributed by atoms with Crippen LogP contribution in [0, 0.1) is 0 Å². The molecule has 0 saturated carbocycles. The molecule has 1 N–H and O–H groups in total. The van der Waals surface area contributed by atoms with E-state index in [-0.39, 0.29) is 5.41 Å². The molecule has 3 heteroatoms. The second-order valence-corrected chi connectivity index (χ2v) is 4.39. The van der Waals surface area contributed by atoms with Gasteiger partial charge in [0.15, 0.2) is 0 Å². The molecule has 17 heavy (non-hydrogen) atoms. The number of hydrogen-bond acceptors (Lipinski definition) is 3. The van der Waals surface area contributed by atoms with Crippen LogP contribution in [0.2, 0.25) is 0 Å². The van der Waals surface area contributed by atoms with Crippen molar-refractivity contribution >= 4 is 0 Å². The Bertz CT molecular complexity index is 296. The maximum absolute atomic E-state index is 5.06. The van der Waals surface area contributed by atoms with Gasteiger partial charge in [0.2, 0.25) is 0 Å². The number of nitrogens with zero attached hydrogens (tertiary/aromatic N) is 1. The van der Waals surface area contributed by atoms with Gasteiger partial charge in [-0.25, -0.2) is 0 Å². The highest BCUT2D eigenvalue weighted by molar-refractivity contribution is 5.23. The Morgan fingerprint density at radius 2 is 1.88 bits per heavy atom. The van der Waals surface area contributed by atoms with Crippen LogP contribution in [0.1, 0.15) is 32.3 Å². The highest BCUT2D eigenvalue weighted by Gasteiger charge is 2.27. The second kappa shape index (κ2) is 7.41. The number of pyridine rings is 1. The van der Waals surface area contributed by atoms with Gasteiger partial charge in [0.05, 0.1) is 6.61 Å². The SMILES string of the molecule is CCC(CC)(CNCCOC)c1ccncc1. The molecule has 0 unspecified atom stereocenters. The Kier molecular flexibility index (Phi) is 6.16. The molecule has 0 radical (unpaired) electrons. The first-order valence-electron chi connectivity index (χ1n) is 6.39. The molecular weight excluding hydrogens is 212 g/mol. The fourth-order valence-corrected chi connectivity index (χ4v) is 2.22. The van der Waals surface area contributed by atoms with E-state index in [0.717, 1.165) is 32.5 Å². The van der Waals surface area contributed by atoms with Gasteiger partial charge in [-0.1, -0.05) is 13.8 Å². The summed E-state index contributed by atoms with van der Waals surface area (Å²) < 4.78 is 5.06. The zero-order valence-corrected chi connectivity index (χ0v) is 11.2. The van der Waals surface area contributed by atoms with Gasteiger partial charge in [0, 0.05) is 38.0 Å². The molecule has 0 aliphatic heterocycles. The summed E-state index contributed by atoms with van der Waals surface area (Å²) in [4.78, 5) is 4.10. The van der Waals surface area contributed by atoms with Gasteiger partial charge in [0.1, 0.15) is 0 Å². The molecule has 0 aromatic carbocycles. The van der Waals surface area contributed by atoms with Crippen molar-refractivity contribution in [1.29, 1.82) is 0 Å². The van der Waals surface area contributed by atoms with Crippen molar-refractivity contribution in [3.63, 3.8) is 0 Å². The predicted molar refractivity (Wildman–Crippen MR) is 71.2 cm³/mol. The van der Waals surface area contributed by atoms with Crippen LogP contribution in [-0.2, 0) is 10.2 Å². The Morgan fingerprint density at radius 1 is 1.24 bits per heavy atom. The normalized spacial score (nSPS) is 11.7. The topological polar surface area (TPSA) is 34.1 Å². The third-order valence-corrected chi connectivity index (χ3v) is 3.59. The van der Waals surface area contributed by atoms with E-state index < -0.39 is 0 Å². The number of rotatable bonds is 8. The van der Waals surface area contributed by atoms with Crippen molar-refractivity contribution in [2.24, 2.45) is 0 Å². The first-order valence-corrected chi connectivity index (χ1v) is 6.39. The molecule has 3 nitrogen and oxygen atoms in total. The Labute approximate surface area is 105 Å². The molecular formula is C14H24N2O. The van der Waals surface area contributed by atoms with Crippen LogP contribution in [0.3, 0.4) is 0 Å². The number of aromatic nitrogens is 1. The molecule has 96 valence electrons. The monoisotopic (exact) mass is 236 g/mol. The summed E-state index contributed by atoms with van der Waals surface area (Å²) in [6, 6.07) is 4.26. The van der Waals surface area contributed by atoms with Crippen LogP contribution in [-0.4, -0.2) is 31.8 Å². The minimum Gasteiger partial charge on any atom is -0.383 e. The van der Waals surface area contributed by atoms with Crippen molar-refractivity contribution in [2.45, 2.75) is 32.1 Å². The lowest BCUT2D eigenvalue weighted by atomic mass is 9.76. The molecule has 0 aliphatic carbocycles. The lowest BCUT2D eigenvalue weighted by Crippen LogP contribution is -2.38. The quantitative estimate of drug-likeness (QED) is 0.704. The Hall–Kier alpha value is -0.930. The lowest BCUT2D eigenvalue weighted by molar-refractivity contribution is 0.195. The molecule has 0 aliphatic rings. The maximum atomic E-state index is 5.06. The van der Waals surface area contributed by atoms with E-state index in [4.69, 9.17) is 4.74 Å². The first-order chi connectivity index (χ1) is 8.29. The molecule has 1 rings (SSSR count). The van der Waals surface area contributed by atoms with E-state index in [0.29, 0.717) is 0 Å². The van der Waals surface area contributed by atoms with Crippen LogP contribution in [0.25, 0.3) is 0 Å². The van der Waals surface area contributed by atoms with E-state index in [2.05, 4.69) is 36.3 Å². The molecule has 0 bridgehead atoms. The molecule has 0 fully saturated rings. The number of ether oxygens (including phenoxy) is 1. The van der Waals surface area contributed by atoms with Crippen LogP contribution in [0.15, 0.2) is 24.5 Å². The number of hydrogen-bond donors (Lipinski definition) is 1. The van der Waals surface area contributed by atoms with Crippen LogP contribution >= 0.6 is 0 Å². The van der Waals surface area contributed by atoms with E-state index in [1.165, 1.54) is 5.56 Å². The van der Waals surface area contributed by atoms with Gasteiger partial charge >= 0.3 is 0 Å². The summed E-state index contributed by atoms with van der Waals surface area (Å²) in [6.07, 6.45) is 6.02. The first kappa shape index (κ1) is 14.1. The van der Waals surface area contributed by atoms with Gasteiger partial charge in [-0.2, -0.15) is 0 Å². The molecule has 0 spiro atoms. The average Bonchev–Trinajstić information content (AvgIpc) is 2.41. The third kappa shape index (κ3) is 3.79. The fourth-order valence-electron chi connectivity index (χ4n) is 2.22. The summed E-state index contributed by atoms with van der Waals surface area (Å²) in [7, 11) is 1.73. The van der Waals surface area contributed by atoms with Crippen molar-refractivity contribution in [3.05, 3.63) is 30.1 Å². The van der Waals surface area contributed by atoms with E-state index in [1.807, 2.05) is 12.4 Å². The van der Waals surface area contributed by atoms with E-state index >= 15 is 0 Å². The molecule has 1 aromatic rings. The molecule has 0 atom stereocenters. The van der Waals surface area contributed by atoms with Gasteiger partial charge in [-0.3, -0.25) is 4.98 Å². The van der Waals surface area contributed by atoms with Crippen molar-refractivity contribution in [2.75, 3.05) is 26.8 Å². The summed E-state index contributed by atoms with van der Waals surface area (Å²) >= 11 is 0. The largest absolute Gasteiger partial charge is 0.383 e. The minimum absolute atomic E-state index is 0.219. The average molecular weight is 236 g/mol. The standard InChI is InChI=1S/C14H24N2O/c1-4-14(5-2,12-16-10-11-17-3)13-6-8-15-9-7-13/h6-9,16H,4-5,10-12H2,1-3H3. The van der Waals surface area contributed by atoms with Crippen molar-refractivity contribution < 1.29 is 4.74 Å². The van der Waals surface area contributed by atoms with Crippen LogP contribution in [0.4, 0.5) is 0 Å². The molecule has 1 heterocycles. The van der Waals surface area contributed by atoms with Crippen molar-refractivity contribution in [3.8, 4) is 0 Å². The zero-order chi connectivity index (χ0) is 12.6. The zero-order valence-electron chi connectivity index (χ0n) is 11.2. The highest BCUT2D eigenvalue weighted by Crippen LogP contribution is 2.30. The van der Waals surface area contributed by atoms with Gasteiger partial charge in [-0.05, 0) is 30.5 Å². The minimum atomic E-state index is 0.219. The van der Waals surface area contributed by atoms with E-state index in [1.54, 1.807) is 7.11 Å². The number of methoxy groups -OCH3 is 1. The summed E-state index contributed by atoms with van der Waals surface area (Å²) in [5.41, 5.74) is 1.60. The maximum Gasteiger partial charge on any atom is 0.0587 e. The summed E-state index contributed by atoms with van der Waals surface area (Å²) in [6.45, 7) is 7.17.